The van der Waals surface area contributed by atoms with Gasteiger partial charge in [0.15, 0.2) is 0 Å². The van der Waals surface area contributed by atoms with Crippen molar-refractivity contribution < 1.29 is 9.18 Å². The molecular weight excluding hydrogens is 327 g/mol. The maximum absolute atomic E-state index is 12.9. The fraction of sp³-hybridized carbons (Fsp3) is 0.118. The van der Waals surface area contributed by atoms with Crippen LogP contribution in [0.2, 0.25) is 0 Å². The molecule has 5 nitrogen and oxygen atoms in total. The first-order valence-electron chi connectivity index (χ1n) is 7.27. The predicted octanol–water partition coefficient (Wildman–Crippen LogP) is 3.57. The molecule has 0 radical (unpaired) electrons. The molecular formula is C17H15FN4OS. The van der Waals surface area contributed by atoms with Gasteiger partial charge in [0.1, 0.15) is 10.8 Å². The van der Waals surface area contributed by atoms with Crippen LogP contribution in [0, 0.1) is 5.82 Å². The van der Waals surface area contributed by atoms with Crippen molar-refractivity contribution in [3.63, 3.8) is 0 Å². The standard InChI is InChI=1S/C17H15FN4OS/c1-22(14-5-3-2-4-6-14)11-15-20-21-17(24-15)16(23)19-13-9-7-12(18)8-10-13/h2-10H,11H2,1H3,(H,19,23). The molecule has 24 heavy (non-hydrogen) atoms. The SMILES string of the molecule is CN(Cc1nnc(C(=O)Nc2ccc(F)cc2)s1)c1ccccc1. The number of hydrogen-bond acceptors (Lipinski definition) is 5. The summed E-state index contributed by atoms with van der Waals surface area (Å²) >= 11 is 1.24. The molecule has 1 heterocycles. The highest BCUT2D eigenvalue weighted by molar-refractivity contribution is 7.13. The van der Waals surface area contributed by atoms with Crippen LogP contribution in [0.25, 0.3) is 0 Å². The van der Waals surface area contributed by atoms with Crippen molar-refractivity contribution in [2.75, 3.05) is 17.3 Å². The monoisotopic (exact) mass is 342 g/mol. The summed E-state index contributed by atoms with van der Waals surface area (Å²) in [4.78, 5) is 14.2. The molecule has 0 unspecified atom stereocenters. The van der Waals surface area contributed by atoms with Crippen LogP contribution in [0.4, 0.5) is 15.8 Å². The summed E-state index contributed by atoms with van der Waals surface area (Å²) < 4.78 is 12.9. The molecule has 0 bridgehead atoms. The van der Waals surface area contributed by atoms with Gasteiger partial charge in [-0.2, -0.15) is 0 Å². The molecule has 3 aromatic rings. The lowest BCUT2D eigenvalue weighted by molar-refractivity contribution is 0.102. The minimum atomic E-state index is -0.354. The summed E-state index contributed by atoms with van der Waals surface area (Å²) in [5.74, 6) is -0.706. The van der Waals surface area contributed by atoms with E-state index in [9.17, 15) is 9.18 Å². The Kier molecular flexibility index (Phi) is 4.81. The molecule has 0 fully saturated rings. The maximum Gasteiger partial charge on any atom is 0.286 e. The number of carbonyl (C=O) groups is 1. The van der Waals surface area contributed by atoms with Gasteiger partial charge < -0.3 is 10.2 Å². The topological polar surface area (TPSA) is 58.1 Å². The van der Waals surface area contributed by atoms with Crippen LogP contribution in [0.15, 0.2) is 54.6 Å². The van der Waals surface area contributed by atoms with Crippen molar-refractivity contribution in [2.45, 2.75) is 6.54 Å². The van der Waals surface area contributed by atoms with Crippen molar-refractivity contribution in [1.29, 1.82) is 0 Å². The lowest BCUT2D eigenvalue weighted by Gasteiger charge is -2.16. The number of hydrogen-bond donors (Lipinski definition) is 1. The fourth-order valence-corrected chi connectivity index (χ4v) is 2.89. The lowest BCUT2D eigenvalue weighted by atomic mass is 10.3. The Morgan fingerprint density at radius 3 is 2.54 bits per heavy atom. The number of anilines is 2. The van der Waals surface area contributed by atoms with Crippen molar-refractivity contribution in [3.8, 4) is 0 Å². The van der Waals surface area contributed by atoms with Gasteiger partial charge in [-0.15, -0.1) is 10.2 Å². The molecule has 0 atom stereocenters. The van der Waals surface area contributed by atoms with Gasteiger partial charge in [-0.25, -0.2) is 4.39 Å². The number of para-hydroxylation sites is 1. The van der Waals surface area contributed by atoms with Gasteiger partial charge in [0.2, 0.25) is 5.01 Å². The third-order valence-corrected chi connectivity index (χ3v) is 4.24. The smallest absolute Gasteiger partial charge is 0.286 e. The molecule has 2 aromatic carbocycles. The van der Waals surface area contributed by atoms with Gasteiger partial charge in [-0.05, 0) is 36.4 Å². The van der Waals surface area contributed by atoms with Crippen LogP contribution in [0.5, 0.6) is 0 Å². The first-order valence-corrected chi connectivity index (χ1v) is 8.09. The van der Waals surface area contributed by atoms with Gasteiger partial charge in [-0.1, -0.05) is 29.5 Å². The van der Waals surface area contributed by atoms with Gasteiger partial charge >= 0.3 is 0 Å². The largest absolute Gasteiger partial charge is 0.368 e. The molecule has 0 aliphatic heterocycles. The van der Waals surface area contributed by atoms with E-state index in [0.29, 0.717) is 12.2 Å². The van der Waals surface area contributed by atoms with Crippen LogP contribution >= 0.6 is 11.3 Å². The number of aromatic nitrogens is 2. The fourth-order valence-electron chi connectivity index (χ4n) is 2.10. The first kappa shape index (κ1) is 16.1. The Labute approximate surface area is 142 Å². The summed E-state index contributed by atoms with van der Waals surface area (Å²) in [5, 5.41) is 11.7. The maximum atomic E-state index is 12.9. The van der Waals surface area contributed by atoms with E-state index >= 15 is 0 Å². The summed E-state index contributed by atoms with van der Waals surface area (Å²) in [7, 11) is 1.95. The average molecular weight is 342 g/mol. The van der Waals surface area contributed by atoms with Crippen molar-refractivity contribution in [2.24, 2.45) is 0 Å². The van der Waals surface area contributed by atoms with Crippen LogP contribution in [0.1, 0.15) is 14.8 Å². The number of rotatable bonds is 5. The summed E-state index contributed by atoms with van der Waals surface area (Å²) in [6.45, 7) is 0.561. The Morgan fingerprint density at radius 1 is 1.12 bits per heavy atom. The van der Waals surface area contributed by atoms with Crippen LogP contribution in [-0.4, -0.2) is 23.2 Å². The Hall–Kier alpha value is -2.80. The molecule has 0 aliphatic rings. The molecule has 0 aliphatic carbocycles. The van der Waals surface area contributed by atoms with E-state index < -0.39 is 0 Å². The van der Waals surface area contributed by atoms with Gasteiger partial charge in [0, 0.05) is 18.4 Å². The Balaban J connectivity index is 1.64. The number of carbonyl (C=O) groups excluding carboxylic acids is 1. The zero-order chi connectivity index (χ0) is 16.9. The number of nitrogens with one attached hydrogen (secondary N) is 1. The van der Waals surface area contributed by atoms with Crippen molar-refractivity contribution in [3.05, 3.63) is 70.4 Å². The minimum Gasteiger partial charge on any atom is -0.368 e. The van der Waals surface area contributed by atoms with Crippen LogP contribution < -0.4 is 10.2 Å². The van der Waals surface area contributed by atoms with Crippen LogP contribution in [-0.2, 0) is 6.54 Å². The third kappa shape index (κ3) is 3.94. The van der Waals surface area contributed by atoms with Crippen molar-refractivity contribution in [1.82, 2.24) is 10.2 Å². The highest BCUT2D eigenvalue weighted by Gasteiger charge is 2.14. The molecule has 0 spiro atoms. The van der Waals surface area contributed by atoms with E-state index in [-0.39, 0.29) is 16.7 Å². The van der Waals surface area contributed by atoms with E-state index in [2.05, 4.69) is 15.5 Å². The molecule has 7 heteroatoms. The molecule has 0 saturated heterocycles. The van der Waals surface area contributed by atoms with E-state index in [4.69, 9.17) is 0 Å². The molecule has 1 amide bonds. The Morgan fingerprint density at radius 2 is 1.83 bits per heavy atom. The third-order valence-electron chi connectivity index (χ3n) is 3.33. The minimum absolute atomic E-state index is 0.274. The number of nitrogens with zero attached hydrogens (tertiary/aromatic N) is 3. The van der Waals surface area contributed by atoms with Gasteiger partial charge in [-0.3, -0.25) is 4.79 Å². The van der Waals surface area contributed by atoms with Gasteiger partial charge in [0.05, 0.1) is 6.54 Å². The number of amides is 1. The number of benzene rings is 2. The van der Waals surface area contributed by atoms with Crippen molar-refractivity contribution >= 4 is 28.6 Å². The highest BCUT2D eigenvalue weighted by Crippen LogP contribution is 2.18. The summed E-state index contributed by atoms with van der Waals surface area (Å²) in [6, 6.07) is 15.5. The molecule has 0 saturated carbocycles. The normalized spacial score (nSPS) is 10.4. The van der Waals surface area contributed by atoms with E-state index in [0.717, 1.165) is 10.7 Å². The molecule has 122 valence electrons. The zero-order valence-electron chi connectivity index (χ0n) is 12.9. The second kappa shape index (κ2) is 7.18. The van der Waals surface area contributed by atoms with E-state index in [1.807, 2.05) is 42.3 Å². The van der Waals surface area contributed by atoms with Gasteiger partial charge in [0.25, 0.3) is 5.91 Å². The molecule has 3 rings (SSSR count). The quantitative estimate of drug-likeness (QED) is 0.770. The van der Waals surface area contributed by atoms with E-state index in [1.54, 1.807) is 0 Å². The lowest BCUT2D eigenvalue weighted by Crippen LogP contribution is -2.15. The van der Waals surface area contributed by atoms with E-state index in [1.165, 1.54) is 35.6 Å². The summed E-state index contributed by atoms with van der Waals surface area (Å²) in [6.07, 6.45) is 0. The average Bonchev–Trinajstić information content (AvgIpc) is 3.06. The zero-order valence-corrected chi connectivity index (χ0v) is 13.8. The predicted molar refractivity (Wildman–Crippen MR) is 92.8 cm³/mol. The Bertz CT molecular complexity index is 820. The first-order chi connectivity index (χ1) is 11.6. The molecule has 1 aromatic heterocycles. The number of halogens is 1. The molecule has 1 N–H and O–H groups in total. The second-order valence-corrected chi connectivity index (χ2v) is 6.22. The summed E-state index contributed by atoms with van der Waals surface area (Å²) in [5.41, 5.74) is 1.57. The second-order valence-electron chi connectivity index (χ2n) is 5.15. The van der Waals surface area contributed by atoms with Crippen LogP contribution in [0.3, 0.4) is 0 Å². The highest BCUT2D eigenvalue weighted by atomic mass is 32.1.